The number of likely N-dealkylation sites (N-methyl/N-ethyl adjacent to an activating group) is 1. The number of carbonyl (C=O) groups excluding carboxylic acids is 1. The highest BCUT2D eigenvalue weighted by molar-refractivity contribution is 6.00. The van der Waals surface area contributed by atoms with E-state index < -0.39 is 18.6 Å². The van der Waals surface area contributed by atoms with E-state index in [-0.39, 0.29) is 17.9 Å². The van der Waals surface area contributed by atoms with Gasteiger partial charge in [-0.25, -0.2) is 4.98 Å². The van der Waals surface area contributed by atoms with Crippen molar-refractivity contribution in [3.05, 3.63) is 47.8 Å². The van der Waals surface area contributed by atoms with Crippen molar-refractivity contribution >= 4 is 11.6 Å². The number of benzene rings is 1. The van der Waals surface area contributed by atoms with Crippen LogP contribution < -0.4 is 9.47 Å². The molecule has 0 unspecified atom stereocenters. The molecule has 0 atom stereocenters. The third kappa shape index (κ3) is 5.37. The van der Waals surface area contributed by atoms with Crippen LogP contribution in [0.2, 0.25) is 0 Å². The Morgan fingerprint density at radius 3 is 2.63 bits per heavy atom. The second-order valence-corrected chi connectivity index (χ2v) is 8.41. The Balaban J connectivity index is 1.59. The smallest absolute Gasteiger partial charge is 0.406 e. The SMILES string of the molecule is CCN(CC)CCOc1ccn2c(-c3cc4c(c(OC)c3)C(=O)N(CC(F)(F)F)CC4)cnc2c1. The molecule has 3 aromatic rings. The first kappa shape index (κ1) is 24.8. The van der Waals surface area contributed by atoms with Crippen molar-refractivity contribution in [3.8, 4) is 22.8 Å². The van der Waals surface area contributed by atoms with Crippen molar-refractivity contribution in [2.75, 3.05) is 46.4 Å². The Morgan fingerprint density at radius 2 is 1.94 bits per heavy atom. The number of halogens is 3. The van der Waals surface area contributed by atoms with Crippen LogP contribution in [0.5, 0.6) is 11.5 Å². The number of imidazole rings is 1. The molecule has 1 amide bonds. The summed E-state index contributed by atoms with van der Waals surface area (Å²) in [7, 11) is 1.41. The van der Waals surface area contributed by atoms with Gasteiger partial charge in [-0.15, -0.1) is 0 Å². The first-order valence-corrected chi connectivity index (χ1v) is 11.6. The van der Waals surface area contributed by atoms with Crippen molar-refractivity contribution in [1.29, 1.82) is 0 Å². The van der Waals surface area contributed by atoms with Crippen molar-refractivity contribution < 1.29 is 27.4 Å². The quantitative estimate of drug-likeness (QED) is 0.448. The van der Waals surface area contributed by atoms with Crippen LogP contribution in [0.1, 0.15) is 29.8 Å². The fourth-order valence-electron chi connectivity index (χ4n) is 4.40. The van der Waals surface area contributed by atoms with E-state index in [0.717, 1.165) is 41.5 Å². The highest BCUT2D eigenvalue weighted by atomic mass is 19.4. The average Bonchev–Trinajstić information content (AvgIpc) is 3.25. The molecular formula is C25H29F3N4O3. The lowest BCUT2D eigenvalue weighted by Crippen LogP contribution is -2.43. The van der Waals surface area contributed by atoms with Gasteiger partial charge in [-0.3, -0.25) is 9.20 Å². The molecule has 10 heteroatoms. The standard InChI is InChI=1S/C25H29F3N4O3/c1-4-30(5-2)10-11-35-19-7-9-32-20(15-29-22(32)14-19)18-12-17-6-8-31(16-25(26,27)28)24(33)23(17)21(13-18)34-3/h7,9,12-15H,4-6,8,10-11,16H2,1-3H3. The highest BCUT2D eigenvalue weighted by Gasteiger charge is 2.37. The summed E-state index contributed by atoms with van der Waals surface area (Å²) in [5, 5.41) is 0. The summed E-state index contributed by atoms with van der Waals surface area (Å²) in [6, 6.07) is 7.24. The van der Waals surface area contributed by atoms with Gasteiger partial charge in [0.2, 0.25) is 0 Å². The molecule has 2 aromatic heterocycles. The molecular weight excluding hydrogens is 461 g/mol. The van der Waals surface area contributed by atoms with Gasteiger partial charge in [0.05, 0.1) is 24.6 Å². The van der Waals surface area contributed by atoms with Crippen LogP contribution in [0.15, 0.2) is 36.7 Å². The summed E-state index contributed by atoms with van der Waals surface area (Å²) < 4.78 is 51.9. The molecule has 0 saturated heterocycles. The van der Waals surface area contributed by atoms with Crippen LogP contribution in [0.25, 0.3) is 16.9 Å². The summed E-state index contributed by atoms with van der Waals surface area (Å²) >= 11 is 0. The molecule has 1 aliphatic rings. The topological polar surface area (TPSA) is 59.3 Å². The zero-order valence-corrected chi connectivity index (χ0v) is 20.1. The van der Waals surface area contributed by atoms with Crippen LogP contribution in [0.4, 0.5) is 13.2 Å². The van der Waals surface area contributed by atoms with E-state index in [2.05, 4.69) is 23.7 Å². The third-order valence-corrected chi connectivity index (χ3v) is 6.28. The van der Waals surface area contributed by atoms with Gasteiger partial charge in [0.1, 0.15) is 30.3 Å². The lowest BCUT2D eigenvalue weighted by Gasteiger charge is -2.30. The number of carbonyl (C=O) groups is 1. The van der Waals surface area contributed by atoms with Crippen LogP contribution in [-0.4, -0.2) is 77.7 Å². The first-order chi connectivity index (χ1) is 16.7. The molecule has 1 aliphatic heterocycles. The summed E-state index contributed by atoms with van der Waals surface area (Å²) in [6.45, 7) is 6.32. The number of rotatable bonds is 9. The van der Waals surface area contributed by atoms with E-state index in [0.29, 0.717) is 24.2 Å². The monoisotopic (exact) mass is 490 g/mol. The van der Waals surface area contributed by atoms with Gasteiger partial charge in [0.15, 0.2) is 0 Å². The van der Waals surface area contributed by atoms with Gasteiger partial charge >= 0.3 is 6.18 Å². The zero-order valence-electron chi connectivity index (χ0n) is 20.1. The first-order valence-electron chi connectivity index (χ1n) is 11.6. The van der Waals surface area contributed by atoms with E-state index >= 15 is 0 Å². The minimum atomic E-state index is -4.45. The lowest BCUT2D eigenvalue weighted by atomic mass is 9.94. The normalized spacial score (nSPS) is 14.0. The predicted octanol–water partition coefficient (Wildman–Crippen LogP) is 4.29. The molecule has 0 spiro atoms. The van der Waals surface area contributed by atoms with E-state index in [1.54, 1.807) is 12.3 Å². The van der Waals surface area contributed by atoms with Crippen molar-refractivity contribution in [1.82, 2.24) is 19.2 Å². The van der Waals surface area contributed by atoms with Gasteiger partial charge in [0.25, 0.3) is 5.91 Å². The molecule has 188 valence electrons. The number of aromatic nitrogens is 2. The maximum atomic E-state index is 12.9. The van der Waals surface area contributed by atoms with E-state index in [4.69, 9.17) is 9.47 Å². The molecule has 35 heavy (non-hydrogen) atoms. The minimum absolute atomic E-state index is 0.000701. The van der Waals surface area contributed by atoms with E-state index in [9.17, 15) is 18.0 Å². The molecule has 7 nitrogen and oxygen atoms in total. The summed E-state index contributed by atoms with van der Waals surface area (Å²) in [5.74, 6) is 0.303. The van der Waals surface area contributed by atoms with Gasteiger partial charge < -0.3 is 19.3 Å². The molecule has 0 aliphatic carbocycles. The minimum Gasteiger partial charge on any atom is -0.496 e. The second-order valence-electron chi connectivity index (χ2n) is 8.41. The number of pyridine rings is 1. The number of alkyl halides is 3. The van der Waals surface area contributed by atoms with Crippen molar-refractivity contribution in [3.63, 3.8) is 0 Å². The summed E-state index contributed by atoms with van der Waals surface area (Å²) in [6.07, 6.45) is -0.559. The Hall–Kier alpha value is -3.27. The largest absolute Gasteiger partial charge is 0.496 e. The number of methoxy groups -OCH3 is 1. The van der Waals surface area contributed by atoms with Gasteiger partial charge in [-0.2, -0.15) is 13.2 Å². The number of hydrogen-bond donors (Lipinski definition) is 0. The second kappa shape index (κ2) is 10.2. The van der Waals surface area contributed by atoms with Crippen LogP contribution in [0.3, 0.4) is 0 Å². The molecule has 4 rings (SSSR count). The average molecular weight is 491 g/mol. The number of amides is 1. The van der Waals surface area contributed by atoms with E-state index in [1.807, 2.05) is 28.8 Å². The Kier molecular flexibility index (Phi) is 7.20. The third-order valence-electron chi connectivity index (χ3n) is 6.28. The molecule has 0 saturated carbocycles. The number of nitrogens with zero attached hydrogens (tertiary/aromatic N) is 4. The van der Waals surface area contributed by atoms with Crippen molar-refractivity contribution in [2.45, 2.75) is 26.4 Å². The maximum Gasteiger partial charge on any atom is 0.406 e. The van der Waals surface area contributed by atoms with Gasteiger partial charge in [-0.1, -0.05) is 13.8 Å². The summed E-state index contributed by atoms with van der Waals surface area (Å²) in [5.41, 5.74) is 3.09. The number of ether oxygens (including phenoxy) is 2. The molecule has 0 bridgehead atoms. The number of hydrogen-bond acceptors (Lipinski definition) is 5. The van der Waals surface area contributed by atoms with Crippen LogP contribution >= 0.6 is 0 Å². The molecule has 0 fully saturated rings. The Morgan fingerprint density at radius 1 is 1.17 bits per heavy atom. The van der Waals surface area contributed by atoms with Crippen LogP contribution in [-0.2, 0) is 6.42 Å². The van der Waals surface area contributed by atoms with Gasteiger partial charge in [0, 0.05) is 30.9 Å². The molecule has 1 aromatic carbocycles. The maximum absolute atomic E-state index is 12.9. The Labute approximate surface area is 202 Å². The molecule has 0 N–H and O–H groups in total. The lowest BCUT2D eigenvalue weighted by molar-refractivity contribution is -0.141. The Bertz CT molecular complexity index is 1190. The number of fused-ring (bicyclic) bond motifs is 2. The van der Waals surface area contributed by atoms with E-state index in [1.165, 1.54) is 7.11 Å². The predicted molar refractivity (Wildman–Crippen MR) is 126 cm³/mol. The molecule has 3 heterocycles. The highest BCUT2D eigenvalue weighted by Crippen LogP contribution is 2.35. The molecule has 0 radical (unpaired) electrons. The fourth-order valence-corrected chi connectivity index (χ4v) is 4.40. The summed E-state index contributed by atoms with van der Waals surface area (Å²) in [4.78, 5) is 20.4. The van der Waals surface area contributed by atoms with Crippen LogP contribution in [0, 0.1) is 0 Å². The zero-order chi connectivity index (χ0) is 25.2. The fraction of sp³-hybridized carbons (Fsp3) is 0.440. The van der Waals surface area contributed by atoms with Crippen molar-refractivity contribution in [2.24, 2.45) is 0 Å². The van der Waals surface area contributed by atoms with Gasteiger partial charge in [-0.05, 0) is 43.3 Å².